The lowest BCUT2D eigenvalue weighted by Crippen LogP contribution is -2.20. The number of carbonyl (C=O) groups is 2. The molecule has 0 spiro atoms. The Morgan fingerprint density at radius 1 is 1.19 bits per heavy atom. The summed E-state index contributed by atoms with van der Waals surface area (Å²) < 4.78 is 11.0. The minimum Gasteiger partial charge on any atom is -0.497 e. The zero-order valence-corrected chi connectivity index (χ0v) is 15.4. The molecule has 0 saturated carbocycles. The largest absolute Gasteiger partial charge is 0.497 e. The summed E-state index contributed by atoms with van der Waals surface area (Å²) in [4.78, 5) is 24.6. The number of furan rings is 1. The summed E-state index contributed by atoms with van der Waals surface area (Å²) in [5.74, 6) is 0.340. The Kier molecular flexibility index (Phi) is 5.00. The van der Waals surface area contributed by atoms with Crippen molar-refractivity contribution in [2.75, 3.05) is 12.4 Å². The van der Waals surface area contributed by atoms with Gasteiger partial charge in [0.05, 0.1) is 7.11 Å². The monoisotopic (exact) mass is 371 g/mol. The van der Waals surface area contributed by atoms with Crippen molar-refractivity contribution in [1.82, 2.24) is 0 Å². The number of halogens is 1. The van der Waals surface area contributed by atoms with Gasteiger partial charge < -0.3 is 14.5 Å². The van der Waals surface area contributed by atoms with Gasteiger partial charge in [-0.05, 0) is 38.1 Å². The van der Waals surface area contributed by atoms with Crippen molar-refractivity contribution in [3.63, 3.8) is 0 Å². The molecular weight excluding hydrogens is 354 g/mol. The minimum atomic E-state index is -0.644. The summed E-state index contributed by atoms with van der Waals surface area (Å²) in [6.07, 6.45) is 0. The molecule has 0 radical (unpaired) electrons. The van der Waals surface area contributed by atoms with Crippen LogP contribution in [-0.2, 0) is 4.79 Å². The van der Waals surface area contributed by atoms with E-state index in [0.29, 0.717) is 22.6 Å². The summed E-state index contributed by atoms with van der Waals surface area (Å²) in [7, 11) is 1.55. The Morgan fingerprint density at radius 3 is 2.65 bits per heavy atom. The highest BCUT2D eigenvalue weighted by Crippen LogP contribution is 2.30. The van der Waals surface area contributed by atoms with Crippen LogP contribution >= 0.6 is 11.6 Å². The van der Waals surface area contributed by atoms with E-state index in [2.05, 4.69) is 5.32 Å². The SMILES string of the molecule is COc1cccc(C(=O)c2oc3cc(NC(=O)C(C)Cl)ccc3c2C)c1. The summed E-state index contributed by atoms with van der Waals surface area (Å²) >= 11 is 5.77. The fourth-order valence-electron chi connectivity index (χ4n) is 2.66. The van der Waals surface area contributed by atoms with Crippen LogP contribution in [0.3, 0.4) is 0 Å². The highest BCUT2D eigenvalue weighted by atomic mass is 35.5. The van der Waals surface area contributed by atoms with E-state index in [0.717, 1.165) is 10.9 Å². The summed E-state index contributed by atoms with van der Waals surface area (Å²) in [6, 6.07) is 12.2. The fraction of sp³-hybridized carbons (Fsp3) is 0.200. The second-order valence-corrected chi connectivity index (χ2v) is 6.59. The van der Waals surface area contributed by atoms with E-state index < -0.39 is 5.38 Å². The van der Waals surface area contributed by atoms with Crippen molar-refractivity contribution in [3.8, 4) is 5.75 Å². The Labute approximate surface area is 155 Å². The molecule has 2 aromatic carbocycles. The number of hydrogen-bond donors (Lipinski definition) is 1. The van der Waals surface area contributed by atoms with Crippen molar-refractivity contribution in [2.45, 2.75) is 19.2 Å². The number of nitrogens with one attached hydrogen (secondary N) is 1. The minimum absolute atomic E-state index is 0.224. The molecule has 3 aromatic rings. The van der Waals surface area contributed by atoms with Crippen LogP contribution in [0.25, 0.3) is 11.0 Å². The maximum absolute atomic E-state index is 12.8. The third kappa shape index (κ3) is 3.44. The molecule has 0 aliphatic rings. The second-order valence-electron chi connectivity index (χ2n) is 5.93. The molecular formula is C20H18ClNO4. The van der Waals surface area contributed by atoms with Crippen molar-refractivity contribution in [2.24, 2.45) is 0 Å². The summed E-state index contributed by atoms with van der Waals surface area (Å²) in [6.45, 7) is 3.43. The number of ether oxygens (including phenoxy) is 1. The first-order chi connectivity index (χ1) is 12.4. The summed E-state index contributed by atoms with van der Waals surface area (Å²) in [5, 5.41) is 2.87. The molecule has 1 unspecified atom stereocenters. The molecule has 6 heteroatoms. The molecule has 3 rings (SSSR count). The van der Waals surface area contributed by atoms with Gasteiger partial charge in [-0.2, -0.15) is 0 Å². The zero-order valence-electron chi connectivity index (χ0n) is 14.6. The Morgan fingerprint density at radius 2 is 1.96 bits per heavy atom. The highest BCUT2D eigenvalue weighted by molar-refractivity contribution is 6.32. The number of methoxy groups -OCH3 is 1. The van der Waals surface area contributed by atoms with Gasteiger partial charge in [0.2, 0.25) is 11.7 Å². The van der Waals surface area contributed by atoms with E-state index in [1.54, 1.807) is 50.4 Å². The van der Waals surface area contributed by atoms with Gasteiger partial charge in [0.15, 0.2) is 5.76 Å². The van der Waals surface area contributed by atoms with Crippen LogP contribution in [0.2, 0.25) is 0 Å². The van der Waals surface area contributed by atoms with E-state index >= 15 is 0 Å². The van der Waals surface area contributed by atoms with Crippen LogP contribution < -0.4 is 10.1 Å². The van der Waals surface area contributed by atoms with E-state index in [9.17, 15) is 9.59 Å². The van der Waals surface area contributed by atoms with Gasteiger partial charge in [-0.15, -0.1) is 11.6 Å². The fourth-order valence-corrected chi connectivity index (χ4v) is 2.71. The number of benzene rings is 2. The number of aryl methyl sites for hydroxylation is 1. The number of hydrogen-bond acceptors (Lipinski definition) is 4. The Hall–Kier alpha value is -2.79. The number of amides is 1. The number of ketones is 1. The molecule has 1 heterocycles. The number of anilines is 1. The van der Waals surface area contributed by atoms with E-state index in [4.69, 9.17) is 20.8 Å². The standard InChI is InChI=1S/C20H18ClNO4/c1-11-16-8-7-14(22-20(24)12(2)21)10-17(16)26-19(11)18(23)13-5-4-6-15(9-13)25-3/h4-10,12H,1-3H3,(H,22,24). The molecule has 0 fully saturated rings. The molecule has 0 aliphatic carbocycles. The zero-order chi connectivity index (χ0) is 18.8. The molecule has 1 aromatic heterocycles. The summed E-state index contributed by atoms with van der Waals surface area (Å²) in [5.41, 5.74) is 2.31. The lowest BCUT2D eigenvalue weighted by Gasteiger charge is -2.05. The van der Waals surface area contributed by atoms with Gasteiger partial charge in [-0.25, -0.2) is 0 Å². The van der Waals surface area contributed by atoms with Gasteiger partial charge in [0.1, 0.15) is 16.7 Å². The Bertz CT molecular complexity index is 991. The quantitative estimate of drug-likeness (QED) is 0.527. The van der Waals surface area contributed by atoms with Crippen molar-refractivity contribution in [3.05, 3.63) is 59.4 Å². The number of fused-ring (bicyclic) bond motifs is 1. The normalized spacial score (nSPS) is 12.0. The van der Waals surface area contributed by atoms with Crippen LogP contribution in [0.1, 0.15) is 28.6 Å². The van der Waals surface area contributed by atoms with E-state index in [1.807, 2.05) is 13.0 Å². The molecule has 0 saturated heterocycles. The maximum atomic E-state index is 12.8. The average Bonchev–Trinajstić information content (AvgIpc) is 2.97. The first kappa shape index (κ1) is 18.0. The van der Waals surface area contributed by atoms with E-state index in [-0.39, 0.29) is 17.5 Å². The maximum Gasteiger partial charge on any atom is 0.242 e. The lowest BCUT2D eigenvalue weighted by atomic mass is 10.0. The van der Waals surface area contributed by atoms with Crippen molar-refractivity contribution < 1.29 is 18.7 Å². The van der Waals surface area contributed by atoms with Crippen LogP contribution in [0.5, 0.6) is 5.75 Å². The molecule has 0 aliphatic heterocycles. The van der Waals surface area contributed by atoms with E-state index in [1.165, 1.54) is 0 Å². The second kappa shape index (κ2) is 7.22. The number of carbonyl (C=O) groups excluding carboxylic acids is 2. The number of rotatable bonds is 5. The highest BCUT2D eigenvalue weighted by Gasteiger charge is 2.20. The van der Waals surface area contributed by atoms with Crippen molar-refractivity contribution >= 4 is 39.9 Å². The number of alkyl halides is 1. The smallest absolute Gasteiger partial charge is 0.242 e. The first-order valence-electron chi connectivity index (χ1n) is 8.07. The van der Waals surface area contributed by atoms with Gasteiger partial charge in [-0.1, -0.05) is 12.1 Å². The third-order valence-corrected chi connectivity index (χ3v) is 4.30. The predicted octanol–water partition coefficient (Wildman–Crippen LogP) is 4.55. The van der Waals surface area contributed by atoms with Gasteiger partial charge >= 0.3 is 0 Å². The van der Waals surface area contributed by atoms with Crippen molar-refractivity contribution in [1.29, 1.82) is 0 Å². The molecule has 134 valence electrons. The Balaban J connectivity index is 1.97. The topological polar surface area (TPSA) is 68.5 Å². The van der Waals surface area contributed by atoms with Crippen LogP contribution in [-0.4, -0.2) is 24.2 Å². The van der Waals surface area contributed by atoms with Gasteiger partial charge in [0.25, 0.3) is 0 Å². The molecule has 1 N–H and O–H groups in total. The van der Waals surface area contributed by atoms with Gasteiger partial charge in [0, 0.05) is 28.3 Å². The molecule has 1 atom stereocenters. The van der Waals surface area contributed by atoms with Gasteiger partial charge in [-0.3, -0.25) is 9.59 Å². The third-order valence-electron chi connectivity index (χ3n) is 4.11. The molecule has 1 amide bonds. The van der Waals surface area contributed by atoms with Crippen LogP contribution in [0.4, 0.5) is 5.69 Å². The molecule has 26 heavy (non-hydrogen) atoms. The average molecular weight is 372 g/mol. The first-order valence-corrected chi connectivity index (χ1v) is 8.51. The predicted molar refractivity (Wildman–Crippen MR) is 101 cm³/mol. The van der Waals surface area contributed by atoms with Crippen LogP contribution in [0, 0.1) is 6.92 Å². The molecule has 0 bridgehead atoms. The molecule has 5 nitrogen and oxygen atoms in total. The lowest BCUT2D eigenvalue weighted by molar-refractivity contribution is -0.115. The van der Waals surface area contributed by atoms with Crippen LogP contribution in [0.15, 0.2) is 46.9 Å².